The number of nitrogens with zero attached hydrogens (tertiary/aromatic N) is 5. The van der Waals surface area contributed by atoms with E-state index in [9.17, 15) is 0 Å². The molecule has 0 bridgehead atoms. The molecular formula is C25H30N6O2. The van der Waals surface area contributed by atoms with Gasteiger partial charge in [0.15, 0.2) is 11.6 Å². The van der Waals surface area contributed by atoms with Crippen molar-refractivity contribution in [2.75, 3.05) is 49.0 Å². The maximum Gasteiger partial charge on any atom is 0.225 e. The molecule has 0 amide bonds. The number of piperidine rings is 1. The van der Waals surface area contributed by atoms with Crippen molar-refractivity contribution in [3.05, 3.63) is 60.4 Å². The zero-order valence-corrected chi connectivity index (χ0v) is 19.1. The van der Waals surface area contributed by atoms with Crippen molar-refractivity contribution in [1.29, 1.82) is 0 Å². The largest absolute Gasteiger partial charge is 0.486 e. The van der Waals surface area contributed by atoms with Gasteiger partial charge in [0, 0.05) is 44.1 Å². The lowest BCUT2D eigenvalue weighted by atomic mass is 10.0. The lowest BCUT2D eigenvalue weighted by Crippen LogP contribution is -2.43. The number of likely N-dealkylation sites (N-methyl/N-ethyl adjacent to an activating group) is 1. The van der Waals surface area contributed by atoms with Gasteiger partial charge in [-0.2, -0.15) is 4.98 Å². The van der Waals surface area contributed by atoms with Gasteiger partial charge in [-0.15, -0.1) is 0 Å². The molecule has 2 aliphatic rings. The van der Waals surface area contributed by atoms with E-state index >= 15 is 0 Å². The third-order valence-corrected chi connectivity index (χ3v) is 6.48. The minimum Gasteiger partial charge on any atom is -0.486 e. The van der Waals surface area contributed by atoms with E-state index in [-0.39, 0.29) is 6.04 Å². The van der Waals surface area contributed by atoms with Gasteiger partial charge in [-0.3, -0.25) is 0 Å². The van der Waals surface area contributed by atoms with Gasteiger partial charge in [0.1, 0.15) is 6.61 Å². The molecule has 1 unspecified atom stereocenters. The molecular weight excluding hydrogens is 416 g/mol. The number of hydrogen-bond donors (Lipinski definition) is 1. The van der Waals surface area contributed by atoms with Crippen molar-refractivity contribution in [2.24, 2.45) is 0 Å². The molecule has 0 radical (unpaired) electrons. The highest BCUT2D eigenvalue weighted by molar-refractivity contribution is 5.56. The molecule has 172 valence electrons. The zero-order chi connectivity index (χ0) is 22.6. The van der Waals surface area contributed by atoms with Crippen molar-refractivity contribution in [1.82, 2.24) is 15.0 Å². The van der Waals surface area contributed by atoms with Crippen molar-refractivity contribution in [3.8, 4) is 11.6 Å². The molecule has 2 aliphatic heterocycles. The molecule has 8 heteroatoms. The number of hydrogen-bond acceptors (Lipinski definition) is 8. The smallest absolute Gasteiger partial charge is 0.225 e. The summed E-state index contributed by atoms with van der Waals surface area (Å²) in [5.74, 6) is 2.90. The summed E-state index contributed by atoms with van der Waals surface area (Å²) in [6.45, 7) is 2.54. The Bertz CT molecular complexity index is 1070. The average Bonchev–Trinajstić information content (AvgIpc) is 2.87. The van der Waals surface area contributed by atoms with Crippen LogP contribution >= 0.6 is 0 Å². The van der Waals surface area contributed by atoms with Crippen LogP contribution in [0.25, 0.3) is 0 Å². The van der Waals surface area contributed by atoms with E-state index in [1.807, 2.05) is 18.2 Å². The van der Waals surface area contributed by atoms with Gasteiger partial charge in [0.05, 0.1) is 19.3 Å². The van der Waals surface area contributed by atoms with Crippen molar-refractivity contribution in [3.63, 3.8) is 0 Å². The molecule has 1 saturated heterocycles. The summed E-state index contributed by atoms with van der Waals surface area (Å²) in [4.78, 5) is 18.1. The molecule has 0 spiro atoms. The number of nitrogens with one attached hydrogen (secondary N) is 1. The highest BCUT2D eigenvalue weighted by Gasteiger charge is 2.28. The van der Waals surface area contributed by atoms with Crippen molar-refractivity contribution >= 4 is 17.5 Å². The number of aromatic nitrogens is 3. The number of methoxy groups -OCH3 is 1. The van der Waals surface area contributed by atoms with Gasteiger partial charge in [-0.05, 0) is 30.9 Å². The van der Waals surface area contributed by atoms with Crippen LogP contribution in [0.1, 0.15) is 18.4 Å². The highest BCUT2D eigenvalue weighted by atomic mass is 16.5. The third-order valence-electron chi connectivity index (χ3n) is 6.48. The summed E-state index contributed by atoms with van der Waals surface area (Å²) >= 11 is 0. The maximum absolute atomic E-state index is 5.99. The summed E-state index contributed by atoms with van der Waals surface area (Å²) < 4.78 is 11.2. The number of rotatable bonds is 6. The zero-order valence-electron chi connectivity index (χ0n) is 19.1. The van der Waals surface area contributed by atoms with Crippen LogP contribution in [0.3, 0.4) is 0 Å². The summed E-state index contributed by atoms with van der Waals surface area (Å²) in [6.07, 6.45) is 6.52. The van der Waals surface area contributed by atoms with E-state index in [0.717, 1.165) is 49.6 Å². The normalized spacial score (nSPS) is 18.4. The first-order chi connectivity index (χ1) is 16.2. The Labute approximate surface area is 194 Å². The summed E-state index contributed by atoms with van der Waals surface area (Å²) in [6, 6.07) is 15.1. The van der Waals surface area contributed by atoms with E-state index in [4.69, 9.17) is 14.5 Å². The highest BCUT2D eigenvalue weighted by Crippen LogP contribution is 2.32. The number of pyridine rings is 1. The Hall–Kier alpha value is -3.55. The molecule has 4 heterocycles. The van der Waals surface area contributed by atoms with E-state index < -0.39 is 0 Å². The lowest BCUT2D eigenvalue weighted by molar-refractivity contribution is 0.262. The summed E-state index contributed by atoms with van der Waals surface area (Å²) in [7, 11) is 3.74. The van der Waals surface area contributed by atoms with Gasteiger partial charge >= 0.3 is 0 Å². The van der Waals surface area contributed by atoms with Crippen LogP contribution < -0.4 is 24.6 Å². The molecule has 8 nitrogen and oxygen atoms in total. The predicted molar refractivity (Wildman–Crippen MR) is 130 cm³/mol. The van der Waals surface area contributed by atoms with Crippen molar-refractivity contribution < 1.29 is 9.47 Å². The van der Waals surface area contributed by atoms with Crippen LogP contribution in [0.5, 0.6) is 11.6 Å². The molecule has 33 heavy (non-hydrogen) atoms. The fourth-order valence-electron chi connectivity index (χ4n) is 4.51. The Morgan fingerprint density at radius 1 is 1.12 bits per heavy atom. The summed E-state index contributed by atoms with van der Waals surface area (Å²) in [5.41, 5.74) is 2.45. The SMILES string of the molecule is COc1cc(N2CCC(Nc3ncc4c(n3)N(C)C(Cc3ccccc3)CO4)CC2)ccn1. The van der Waals surface area contributed by atoms with Crippen molar-refractivity contribution in [2.45, 2.75) is 31.3 Å². The molecule has 2 aromatic heterocycles. The minimum absolute atomic E-state index is 0.239. The maximum atomic E-state index is 5.99. The van der Waals surface area contributed by atoms with Gasteiger partial charge in [0.25, 0.3) is 0 Å². The first-order valence-electron chi connectivity index (χ1n) is 11.5. The minimum atomic E-state index is 0.239. The second-order valence-electron chi connectivity index (χ2n) is 8.61. The molecule has 0 aliphatic carbocycles. The quantitative estimate of drug-likeness (QED) is 0.618. The first-order valence-corrected chi connectivity index (χ1v) is 11.5. The Kier molecular flexibility index (Phi) is 6.15. The standard InChI is InChI=1S/C25H30N6O2/c1-30-21(14-18-6-4-3-5-7-18)17-33-22-16-27-25(29-24(22)30)28-19-9-12-31(13-10-19)20-8-11-26-23(15-20)32-2/h3-8,11,15-16,19,21H,9-10,12-14,17H2,1-2H3,(H,27,28,29). The number of ether oxygens (including phenoxy) is 2. The number of fused-ring (bicyclic) bond motifs is 1. The Balaban J connectivity index is 1.21. The second-order valence-corrected chi connectivity index (χ2v) is 8.61. The fraction of sp³-hybridized carbons (Fsp3) is 0.400. The van der Waals surface area contributed by atoms with Gasteiger partial charge < -0.3 is 24.6 Å². The molecule has 1 fully saturated rings. The molecule has 5 rings (SSSR count). The molecule has 3 aromatic rings. The topological polar surface area (TPSA) is 75.6 Å². The van der Waals surface area contributed by atoms with Crippen LogP contribution in [0, 0.1) is 0 Å². The summed E-state index contributed by atoms with van der Waals surface area (Å²) in [5, 5.41) is 3.54. The molecule has 1 atom stereocenters. The van der Waals surface area contributed by atoms with Crippen LogP contribution in [0.2, 0.25) is 0 Å². The van der Waals surface area contributed by atoms with E-state index in [1.165, 1.54) is 5.56 Å². The van der Waals surface area contributed by atoms with Gasteiger partial charge in [-0.1, -0.05) is 30.3 Å². The van der Waals surface area contributed by atoms with Crippen LogP contribution in [-0.2, 0) is 6.42 Å². The number of benzene rings is 1. The molecule has 0 saturated carbocycles. The molecule has 1 aromatic carbocycles. The monoisotopic (exact) mass is 446 g/mol. The number of anilines is 3. The van der Waals surface area contributed by atoms with Crippen LogP contribution in [0.4, 0.5) is 17.5 Å². The van der Waals surface area contributed by atoms with Crippen LogP contribution in [-0.4, -0.2) is 60.9 Å². The van der Waals surface area contributed by atoms with E-state index in [2.05, 4.69) is 56.4 Å². The van der Waals surface area contributed by atoms with Gasteiger partial charge in [-0.25, -0.2) is 9.97 Å². The van der Waals surface area contributed by atoms with E-state index in [1.54, 1.807) is 19.5 Å². The Morgan fingerprint density at radius 3 is 2.73 bits per heavy atom. The lowest BCUT2D eigenvalue weighted by Gasteiger charge is -2.36. The van der Waals surface area contributed by atoms with E-state index in [0.29, 0.717) is 24.5 Å². The Morgan fingerprint density at radius 2 is 1.94 bits per heavy atom. The third kappa shape index (κ3) is 4.79. The first kappa shape index (κ1) is 21.3. The average molecular weight is 447 g/mol. The molecule has 1 N–H and O–H groups in total. The second kappa shape index (κ2) is 9.52. The predicted octanol–water partition coefficient (Wildman–Crippen LogP) is 3.40. The van der Waals surface area contributed by atoms with Crippen LogP contribution in [0.15, 0.2) is 54.9 Å². The van der Waals surface area contributed by atoms with Gasteiger partial charge in [0.2, 0.25) is 11.8 Å². The fourth-order valence-corrected chi connectivity index (χ4v) is 4.51.